The van der Waals surface area contributed by atoms with Crippen LogP contribution in [0, 0.1) is 0 Å². The highest BCUT2D eigenvalue weighted by atomic mass is 17.4. The summed E-state index contributed by atoms with van der Waals surface area (Å²) in [7, 11) is 0. The van der Waals surface area contributed by atoms with E-state index in [-0.39, 0.29) is 0 Å². The van der Waals surface area contributed by atoms with Crippen molar-refractivity contribution >= 4 is 0 Å². The molecule has 0 atom stereocenters. The summed E-state index contributed by atoms with van der Waals surface area (Å²) < 4.78 is 0. The number of nitrogens with zero attached hydrogens (tertiary/aromatic N) is 1. The molecule has 0 rings (SSSR count). The largest absolute Gasteiger partial charge is 0.304 e. The van der Waals surface area contributed by atoms with Gasteiger partial charge in [-0.2, -0.15) is 0 Å². The van der Waals surface area contributed by atoms with Crippen molar-refractivity contribution in [3.8, 4) is 0 Å². The van der Waals surface area contributed by atoms with Crippen molar-refractivity contribution in [2.24, 2.45) is 0 Å². The van der Waals surface area contributed by atoms with Crippen molar-refractivity contribution in [1.82, 2.24) is 4.90 Å². The van der Waals surface area contributed by atoms with Gasteiger partial charge in [-0.3, -0.25) is 0 Å². The van der Waals surface area contributed by atoms with E-state index < -0.39 is 0 Å². The summed E-state index contributed by atoms with van der Waals surface area (Å²) in [5.41, 5.74) is 0. The fourth-order valence-electron chi connectivity index (χ4n) is 0.671. The van der Waals surface area contributed by atoms with E-state index in [1.54, 1.807) is 0 Å². The monoisotopic (exact) mass is 151 g/mol. The molecule has 2 N–H and O–H groups in total. The van der Waals surface area contributed by atoms with Gasteiger partial charge in [0.05, 0.1) is 0 Å². The number of rotatable bonds is 3. The van der Waals surface area contributed by atoms with Gasteiger partial charge in [0, 0.05) is 0 Å². The molecular formula is C6H17NO3. The van der Waals surface area contributed by atoms with Crippen molar-refractivity contribution in [1.29, 1.82) is 0 Å². The standard InChI is InChI=1S/C6H15N.H2O3/c1-4-7(5-2)6-3;1-3-2/h4-6H2,1-3H3;1-2H. The van der Waals surface area contributed by atoms with Crippen LogP contribution in [0.25, 0.3) is 0 Å². The summed E-state index contributed by atoms with van der Waals surface area (Å²) in [6.45, 7) is 10.1. The Morgan fingerprint density at radius 2 is 1.20 bits per heavy atom. The van der Waals surface area contributed by atoms with Gasteiger partial charge in [-0.05, 0) is 19.6 Å². The number of hydrogen-bond acceptors (Lipinski definition) is 4. The molecule has 0 aliphatic rings. The third-order valence-corrected chi connectivity index (χ3v) is 1.34. The Bertz CT molecular complexity index is 42.7. The van der Waals surface area contributed by atoms with E-state index >= 15 is 0 Å². The van der Waals surface area contributed by atoms with E-state index in [0.717, 1.165) is 0 Å². The minimum absolute atomic E-state index is 1.19. The van der Waals surface area contributed by atoms with Crippen LogP contribution in [0.3, 0.4) is 0 Å². The molecule has 0 aliphatic carbocycles. The van der Waals surface area contributed by atoms with Gasteiger partial charge < -0.3 is 4.90 Å². The van der Waals surface area contributed by atoms with Crippen molar-refractivity contribution in [3.63, 3.8) is 0 Å². The van der Waals surface area contributed by atoms with Gasteiger partial charge in [0.25, 0.3) is 0 Å². The highest BCUT2D eigenvalue weighted by molar-refractivity contribution is 4.43. The topological polar surface area (TPSA) is 52.9 Å². The Balaban J connectivity index is 0. The second-order valence-corrected chi connectivity index (χ2v) is 1.70. The normalized spacial score (nSPS) is 9.00. The summed E-state index contributed by atoms with van der Waals surface area (Å²) in [6.07, 6.45) is 0. The lowest BCUT2D eigenvalue weighted by Gasteiger charge is -2.13. The maximum Gasteiger partial charge on any atom is -0.00474 e. The second kappa shape index (κ2) is 11.6. The van der Waals surface area contributed by atoms with Gasteiger partial charge in [0.15, 0.2) is 0 Å². The Labute approximate surface area is 61.9 Å². The van der Waals surface area contributed by atoms with Crippen molar-refractivity contribution in [2.45, 2.75) is 20.8 Å². The number of hydrogen-bond donors (Lipinski definition) is 2. The van der Waals surface area contributed by atoms with E-state index in [0.29, 0.717) is 0 Å². The molecule has 0 radical (unpaired) electrons. The molecule has 0 fully saturated rings. The lowest BCUT2D eigenvalue weighted by atomic mass is 10.5. The molecule has 0 aromatic rings. The molecule has 0 unspecified atom stereocenters. The fraction of sp³-hybridized carbons (Fsp3) is 1.00. The predicted octanol–water partition coefficient (Wildman–Crippen LogP) is 1.30. The molecule has 0 aromatic heterocycles. The smallest absolute Gasteiger partial charge is 0.00474 e. The van der Waals surface area contributed by atoms with Gasteiger partial charge >= 0.3 is 0 Å². The summed E-state index contributed by atoms with van der Waals surface area (Å²) in [5, 5.41) is 15.5. The van der Waals surface area contributed by atoms with Crippen LogP contribution in [-0.2, 0) is 5.04 Å². The van der Waals surface area contributed by atoms with Crippen molar-refractivity contribution in [2.75, 3.05) is 19.6 Å². The first kappa shape index (κ1) is 12.5. The molecule has 0 saturated carbocycles. The van der Waals surface area contributed by atoms with E-state index in [1.807, 2.05) is 0 Å². The maximum absolute atomic E-state index is 6.62. The SMILES string of the molecule is CCN(CC)CC.OOO. The van der Waals surface area contributed by atoms with Crippen LogP contribution in [-0.4, -0.2) is 35.0 Å². The molecule has 4 heteroatoms. The van der Waals surface area contributed by atoms with Gasteiger partial charge in [-0.15, -0.1) is 0 Å². The zero-order valence-corrected chi connectivity index (χ0v) is 6.87. The lowest BCUT2D eigenvalue weighted by Crippen LogP contribution is -2.21. The molecule has 4 nitrogen and oxygen atoms in total. The first-order chi connectivity index (χ1) is 4.76. The Hall–Kier alpha value is -0.160. The summed E-state index contributed by atoms with van der Waals surface area (Å²) in [5.74, 6) is 0. The van der Waals surface area contributed by atoms with Crippen LogP contribution in [0.4, 0.5) is 0 Å². The van der Waals surface area contributed by atoms with Gasteiger partial charge in [-0.1, -0.05) is 25.8 Å². The lowest BCUT2D eigenvalue weighted by molar-refractivity contribution is -0.465. The highest BCUT2D eigenvalue weighted by Gasteiger charge is 1.89. The molecule has 0 bridgehead atoms. The van der Waals surface area contributed by atoms with Crippen LogP contribution < -0.4 is 0 Å². The van der Waals surface area contributed by atoms with Gasteiger partial charge in [-0.25, -0.2) is 10.5 Å². The van der Waals surface area contributed by atoms with Crippen LogP contribution in [0.5, 0.6) is 0 Å². The summed E-state index contributed by atoms with van der Waals surface area (Å²) in [6, 6.07) is 0. The van der Waals surface area contributed by atoms with E-state index in [9.17, 15) is 0 Å². The quantitative estimate of drug-likeness (QED) is 0.471. The van der Waals surface area contributed by atoms with E-state index in [4.69, 9.17) is 10.5 Å². The zero-order chi connectivity index (χ0) is 8.41. The van der Waals surface area contributed by atoms with Crippen molar-refractivity contribution < 1.29 is 15.6 Å². The molecule has 0 aliphatic heterocycles. The minimum atomic E-state index is 1.19. The Morgan fingerprint density at radius 3 is 1.20 bits per heavy atom. The first-order valence-corrected chi connectivity index (χ1v) is 3.44. The van der Waals surface area contributed by atoms with Gasteiger partial charge in [0.1, 0.15) is 0 Å². The molecule has 64 valence electrons. The molecule has 0 heterocycles. The Kier molecular flexibility index (Phi) is 14.5. The third kappa shape index (κ3) is 10.8. The third-order valence-electron chi connectivity index (χ3n) is 1.34. The fourth-order valence-corrected chi connectivity index (χ4v) is 0.671. The highest BCUT2D eigenvalue weighted by Crippen LogP contribution is 1.81. The summed E-state index contributed by atoms with van der Waals surface area (Å²) >= 11 is 0. The van der Waals surface area contributed by atoms with Crippen LogP contribution >= 0.6 is 0 Å². The van der Waals surface area contributed by atoms with Crippen LogP contribution in [0.15, 0.2) is 0 Å². The second-order valence-electron chi connectivity index (χ2n) is 1.70. The molecule has 10 heavy (non-hydrogen) atoms. The maximum atomic E-state index is 6.62. The molecule has 0 spiro atoms. The molecule has 0 saturated heterocycles. The van der Waals surface area contributed by atoms with Crippen LogP contribution in [0.1, 0.15) is 20.8 Å². The zero-order valence-electron chi connectivity index (χ0n) is 6.87. The first-order valence-electron chi connectivity index (χ1n) is 3.44. The van der Waals surface area contributed by atoms with E-state index in [2.05, 4.69) is 30.7 Å². The Morgan fingerprint density at radius 1 is 1.00 bits per heavy atom. The molecular weight excluding hydrogens is 134 g/mol. The minimum Gasteiger partial charge on any atom is -0.304 e. The van der Waals surface area contributed by atoms with Crippen molar-refractivity contribution in [3.05, 3.63) is 0 Å². The average Bonchev–Trinajstić information content (AvgIpc) is 1.93. The predicted molar refractivity (Wildman–Crippen MR) is 39.8 cm³/mol. The average molecular weight is 151 g/mol. The molecule has 0 amide bonds. The summed E-state index contributed by atoms with van der Waals surface area (Å²) in [4.78, 5) is 2.38. The van der Waals surface area contributed by atoms with E-state index in [1.165, 1.54) is 19.6 Å². The molecule has 0 aromatic carbocycles. The van der Waals surface area contributed by atoms with Crippen LogP contribution in [0.2, 0.25) is 0 Å². The van der Waals surface area contributed by atoms with Gasteiger partial charge in [0.2, 0.25) is 0 Å².